The molecule has 0 amide bonds. The minimum atomic E-state index is -0.183. The van der Waals surface area contributed by atoms with Crippen LogP contribution in [0.2, 0.25) is 0 Å². The summed E-state index contributed by atoms with van der Waals surface area (Å²) in [4.78, 5) is 12.4. The van der Waals surface area contributed by atoms with Gasteiger partial charge in [-0.3, -0.25) is 10.2 Å². The van der Waals surface area contributed by atoms with Crippen LogP contribution in [0.1, 0.15) is 0 Å². The summed E-state index contributed by atoms with van der Waals surface area (Å²) in [7, 11) is 1.59. The lowest BCUT2D eigenvalue weighted by Gasteiger charge is -2.07. The number of methoxy groups -OCH3 is 1. The molecule has 2 aromatic carbocycles. The van der Waals surface area contributed by atoms with E-state index < -0.39 is 0 Å². The minimum absolute atomic E-state index is 0.0893. The largest absolute Gasteiger partial charge is 0.497 e. The Balaban J connectivity index is 2.03. The van der Waals surface area contributed by atoms with Gasteiger partial charge in [0.2, 0.25) is 5.90 Å². The zero-order valence-electron chi connectivity index (χ0n) is 13.0. The van der Waals surface area contributed by atoms with Gasteiger partial charge in [0.05, 0.1) is 12.5 Å². The molecule has 0 unspecified atom stereocenters. The highest BCUT2D eigenvalue weighted by molar-refractivity contribution is 5.87. The molecule has 0 aliphatic heterocycles. The van der Waals surface area contributed by atoms with Gasteiger partial charge in [-0.15, -0.1) is 0 Å². The van der Waals surface area contributed by atoms with Gasteiger partial charge in [-0.2, -0.15) is 0 Å². The minimum Gasteiger partial charge on any atom is -0.497 e. The van der Waals surface area contributed by atoms with Crippen LogP contribution in [0.15, 0.2) is 70.4 Å². The van der Waals surface area contributed by atoms with E-state index in [1.54, 1.807) is 37.4 Å². The summed E-state index contributed by atoms with van der Waals surface area (Å²) < 4.78 is 16.2. The first-order valence-electron chi connectivity index (χ1n) is 7.22. The maximum atomic E-state index is 12.4. The highest BCUT2D eigenvalue weighted by atomic mass is 16.5. The number of rotatable bonds is 4. The van der Waals surface area contributed by atoms with Crippen LogP contribution in [0.3, 0.4) is 0 Å². The molecule has 1 heterocycles. The molecule has 0 bridgehead atoms. The van der Waals surface area contributed by atoms with Crippen molar-refractivity contribution in [1.29, 1.82) is 5.41 Å². The van der Waals surface area contributed by atoms with Crippen LogP contribution in [0.25, 0.3) is 22.3 Å². The van der Waals surface area contributed by atoms with Crippen LogP contribution < -0.4 is 14.9 Å². The quantitative estimate of drug-likeness (QED) is 0.582. The van der Waals surface area contributed by atoms with E-state index in [0.29, 0.717) is 22.5 Å². The molecule has 3 aromatic rings. The lowest BCUT2D eigenvalue weighted by molar-refractivity contribution is 0.415. The molecule has 0 spiro atoms. The Kier molecular flexibility index (Phi) is 4.16. The fraction of sp³-hybridized carbons (Fsp3) is 0.0526. The molecule has 0 atom stereocenters. The van der Waals surface area contributed by atoms with Crippen LogP contribution in [-0.2, 0) is 0 Å². The average molecular weight is 321 g/mol. The molecule has 0 fully saturated rings. The third kappa shape index (κ3) is 3.05. The number of ether oxygens (including phenoxy) is 2. The highest BCUT2D eigenvalue weighted by Crippen LogP contribution is 2.26. The first kappa shape index (κ1) is 15.6. The molecule has 0 saturated heterocycles. The van der Waals surface area contributed by atoms with E-state index >= 15 is 0 Å². The lowest BCUT2D eigenvalue weighted by Crippen LogP contribution is -2.04. The Bertz CT molecular complexity index is 971. The van der Waals surface area contributed by atoms with Crippen molar-refractivity contribution in [2.45, 2.75) is 0 Å². The van der Waals surface area contributed by atoms with Crippen molar-refractivity contribution in [2.75, 3.05) is 7.11 Å². The van der Waals surface area contributed by atoms with E-state index in [-0.39, 0.29) is 11.3 Å². The van der Waals surface area contributed by atoms with Gasteiger partial charge >= 0.3 is 0 Å². The third-order valence-electron chi connectivity index (χ3n) is 3.49. The van der Waals surface area contributed by atoms with Crippen LogP contribution in [0, 0.1) is 5.41 Å². The second-order valence-electron chi connectivity index (χ2n) is 5.03. The van der Waals surface area contributed by atoms with Gasteiger partial charge in [-0.25, -0.2) is 0 Å². The predicted molar refractivity (Wildman–Crippen MR) is 93.0 cm³/mol. The first-order valence-corrected chi connectivity index (χ1v) is 7.22. The summed E-state index contributed by atoms with van der Waals surface area (Å²) >= 11 is 0. The van der Waals surface area contributed by atoms with Gasteiger partial charge < -0.3 is 13.9 Å². The fourth-order valence-corrected chi connectivity index (χ4v) is 2.27. The topological polar surface area (TPSA) is 72.5 Å². The summed E-state index contributed by atoms with van der Waals surface area (Å²) in [5.74, 6) is 1.50. The highest BCUT2D eigenvalue weighted by Gasteiger charge is 2.09. The van der Waals surface area contributed by atoms with Crippen molar-refractivity contribution < 1.29 is 13.9 Å². The second kappa shape index (κ2) is 6.42. The van der Waals surface area contributed by atoms with E-state index in [4.69, 9.17) is 19.3 Å². The summed E-state index contributed by atoms with van der Waals surface area (Å²) in [6.07, 6.45) is 1.28. The monoisotopic (exact) mass is 321 g/mol. The first-order chi connectivity index (χ1) is 11.6. The normalized spacial score (nSPS) is 10.4. The number of hydrogen-bond acceptors (Lipinski definition) is 5. The molecule has 0 aliphatic rings. The Hall–Kier alpha value is -3.34. The molecule has 24 heavy (non-hydrogen) atoms. The second-order valence-corrected chi connectivity index (χ2v) is 5.03. The molecular weight excluding hydrogens is 306 g/mol. The molecule has 5 heteroatoms. The van der Waals surface area contributed by atoms with Gasteiger partial charge in [0, 0.05) is 11.6 Å². The van der Waals surface area contributed by atoms with E-state index in [0.717, 1.165) is 11.3 Å². The van der Waals surface area contributed by atoms with E-state index in [9.17, 15) is 4.79 Å². The lowest BCUT2D eigenvalue weighted by atomic mass is 10.1. The van der Waals surface area contributed by atoms with Crippen molar-refractivity contribution in [3.05, 3.63) is 71.4 Å². The van der Waals surface area contributed by atoms with Crippen LogP contribution in [0.5, 0.6) is 11.5 Å². The van der Waals surface area contributed by atoms with Gasteiger partial charge in [-0.1, -0.05) is 6.58 Å². The Morgan fingerprint density at radius 2 is 1.83 bits per heavy atom. The van der Waals surface area contributed by atoms with Gasteiger partial charge in [-0.05, 0) is 48.5 Å². The molecule has 5 nitrogen and oxygen atoms in total. The maximum absolute atomic E-state index is 12.4. The van der Waals surface area contributed by atoms with Gasteiger partial charge in [0.1, 0.15) is 22.8 Å². The molecule has 1 aromatic heterocycles. The van der Waals surface area contributed by atoms with Gasteiger partial charge in [0.15, 0.2) is 5.43 Å². The smallest absolute Gasteiger partial charge is 0.211 e. The van der Waals surface area contributed by atoms with Gasteiger partial charge in [0.25, 0.3) is 0 Å². The number of hydrogen-bond donors (Lipinski definition) is 1. The molecule has 0 radical (unpaired) electrons. The zero-order chi connectivity index (χ0) is 17.1. The van der Waals surface area contributed by atoms with Crippen molar-refractivity contribution >= 4 is 16.9 Å². The van der Waals surface area contributed by atoms with E-state index in [1.807, 2.05) is 12.1 Å². The summed E-state index contributed by atoms with van der Waals surface area (Å²) in [6.45, 7) is 3.46. The molecule has 120 valence electrons. The van der Waals surface area contributed by atoms with E-state index in [1.165, 1.54) is 12.1 Å². The number of benzene rings is 2. The van der Waals surface area contributed by atoms with Crippen molar-refractivity contribution in [1.82, 2.24) is 0 Å². The van der Waals surface area contributed by atoms with Crippen molar-refractivity contribution in [2.24, 2.45) is 0 Å². The summed E-state index contributed by atoms with van der Waals surface area (Å²) in [6, 6.07) is 13.5. The number of fused-ring (bicyclic) bond motifs is 1. The van der Waals surface area contributed by atoms with E-state index in [2.05, 4.69) is 6.58 Å². The molecule has 0 saturated carbocycles. The Labute approximate surface area is 138 Å². The zero-order valence-corrected chi connectivity index (χ0v) is 13.0. The van der Waals surface area contributed by atoms with Crippen LogP contribution >= 0.6 is 0 Å². The Morgan fingerprint density at radius 3 is 2.50 bits per heavy atom. The van der Waals surface area contributed by atoms with Crippen LogP contribution in [-0.4, -0.2) is 13.0 Å². The number of nitrogens with one attached hydrogen (secondary N) is 1. The third-order valence-corrected chi connectivity index (χ3v) is 3.49. The van der Waals surface area contributed by atoms with Crippen molar-refractivity contribution in [3.63, 3.8) is 0 Å². The molecular formula is C19H15NO4. The average Bonchev–Trinajstić information content (AvgIpc) is 2.62. The molecule has 3 rings (SSSR count). The fourth-order valence-electron chi connectivity index (χ4n) is 2.27. The molecule has 0 aliphatic carbocycles. The summed E-state index contributed by atoms with van der Waals surface area (Å²) in [5.41, 5.74) is 1.05. The standard InChI is InChI=1S/C19H15NO4/c1-3-19(20)23-14-8-9-17-15(10-14)16(21)11-18(24-17)12-4-6-13(22-2)7-5-12/h3-11,20H,1H2,2H3. The molecule has 1 N–H and O–H groups in total. The maximum Gasteiger partial charge on any atom is 0.211 e. The SMILES string of the molecule is C=CC(=N)Oc1ccc2oc(-c3ccc(OC)cc3)cc(=O)c2c1. The predicted octanol–water partition coefficient (Wildman–Crippen LogP) is 4.01. The summed E-state index contributed by atoms with van der Waals surface area (Å²) in [5, 5.41) is 7.85. The Morgan fingerprint density at radius 1 is 1.12 bits per heavy atom. The van der Waals surface area contributed by atoms with Crippen molar-refractivity contribution in [3.8, 4) is 22.8 Å². The van der Waals surface area contributed by atoms with Crippen LogP contribution in [0.4, 0.5) is 0 Å².